The third kappa shape index (κ3) is 7.46. The summed E-state index contributed by atoms with van der Waals surface area (Å²) in [4.78, 5) is 40.1. The second kappa shape index (κ2) is 14.3. The second-order valence-electron chi connectivity index (χ2n) is 11.0. The molecule has 0 spiro atoms. The van der Waals surface area contributed by atoms with Gasteiger partial charge in [0.05, 0.1) is 21.3 Å². The Morgan fingerprint density at radius 3 is 2.60 bits per heavy atom. The van der Waals surface area contributed by atoms with E-state index in [0.717, 1.165) is 44.5 Å². The topological polar surface area (TPSA) is 117 Å². The molecule has 2 heterocycles. The lowest BCUT2D eigenvalue weighted by atomic mass is 10.0. The highest BCUT2D eigenvalue weighted by Crippen LogP contribution is 2.34. The molecule has 1 N–H and O–H groups in total. The van der Waals surface area contributed by atoms with E-state index in [0.29, 0.717) is 51.3 Å². The lowest BCUT2D eigenvalue weighted by molar-refractivity contribution is -0.140. The number of amides is 1. The largest absolute Gasteiger partial charge is 0.497 e. The molecule has 0 radical (unpaired) electrons. The molecule has 1 atom stereocenters. The van der Waals surface area contributed by atoms with Crippen molar-refractivity contribution in [2.75, 3.05) is 46.3 Å². The minimum absolute atomic E-state index is 0.0235. The lowest BCUT2D eigenvalue weighted by Crippen LogP contribution is -2.41. The van der Waals surface area contributed by atoms with Gasteiger partial charge >= 0.3 is 11.6 Å². The molecule has 1 amide bonds. The van der Waals surface area contributed by atoms with Crippen molar-refractivity contribution in [1.29, 1.82) is 0 Å². The number of piperidine rings is 1. The van der Waals surface area contributed by atoms with Crippen LogP contribution in [0.3, 0.4) is 0 Å². The molecule has 0 aliphatic carbocycles. The van der Waals surface area contributed by atoms with Gasteiger partial charge in [-0.2, -0.15) is 0 Å². The predicted octanol–water partition coefficient (Wildman–Crippen LogP) is 5.83. The van der Waals surface area contributed by atoms with E-state index in [1.807, 2.05) is 43.3 Å². The average molecular weight is 615 g/mol. The van der Waals surface area contributed by atoms with Gasteiger partial charge in [0.2, 0.25) is 0 Å². The molecule has 10 nitrogen and oxygen atoms in total. The molecule has 10 heteroatoms. The van der Waals surface area contributed by atoms with Crippen LogP contribution in [0.5, 0.6) is 17.2 Å². The molecule has 1 unspecified atom stereocenters. The van der Waals surface area contributed by atoms with Crippen molar-refractivity contribution in [3.8, 4) is 28.4 Å². The van der Waals surface area contributed by atoms with Crippen LogP contribution in [0.25, 0.3) is 22.1 Å². The molecular weight excluding hydrogens is 576 g/mol. The van der Waals surface area contributed by atoms with Crippen molar-refractivity contribution in [2.45, 2.75) is 38.7 Å². The first-order valence-corrected chi connectivity index (χ1v) is 15.0. The molecule has 4 aromatic rings. The summed E-state index contributed by atoms with van der Waals surface area (Å²) in [6.45, 7) is 4.36. The normalized spacial score (nSPS) is 15.0. The van der Waals surface area contributed by atoms with Crippen molar-refractivity contribution in [3.05, 3.63) is 82.2 Å². The van der Waals surface area contributed by atoms with E-state index < -0.39 is 11.5 Å². The standard InChI is InChI=1S/C35H38N2O8/c1-22-30(44-27-10-6-16-37(21-27)17-7-11-32(38)43-4)14-12-24-20-29(35(40)45-33(22)24)36-34(39)25-13-15-31(42-3)28(19-25)23-8-5-9-26(18-23)41-2/h5,8-9,12-15,18-20,27H,6-7,10-11,16-17,21H2,1-4H3,(H,36,39). The number of ether oxygens (including phenoxy) is 4. The molecule has 1 saturated heterocycles. The van der Waals surface area contributed by atoms with Gasteiger partial charge in [-0.25, -0.2) is 4.79 Å². The Balaban J connectivity index is 1.31. The van der Waals surface area contributed by atoms with Crippen LogP contribution in [-0.2, 0) is 9.53 Å². The zero-order chi connectivity index (χ0) is 31.9. The maximum atomic E-state index is 13.3. The number of hydrogen-bond acceptors (Lipinski definition) is 9. The van der Waals surface area contributed by atoms with Gasteiger partial charge in [0.1, 0.15) is 34.6 Å². The molecule has 1 aliphatic heterocycles. The minimum Gasteiger partial charge on any atom is -0.497 e. The summed E-state index contributed by atoms with van der Waals surface area (Å²) in [5.41, 5.74) is 2.37. The number of nitrogens with zero attached hydrogens (tertiary/aromatic N) is 1. The number of benzene rings is 3. The molecule has 1 fully saturated rings. The fourth-order valence-electron chi connectivity index (χ4n) is 5.62. The Hall–Kier alpha value is -4.83. The quantitative estimate of drug-likeness (QED) is 0.164. The summed E-state index contributed by atoms with van der Waals surface area (Å²) < 4.78 is 27.7. The van der Waals surface area contributed by atoms with Crippen LogP contribution >= 0.6 is 0 Å². The zero-order valence-corrected chi connectivity index (χ0v) is 26.0. The molecule has 0 bridgehead atoms. The molecule has 236 valence electrons. The Morgan fingerprint density at radius 1 is 1.00 bits per heavy atom. The van der Waals surface area contributed by atoms with Gasteiger partial charge < -0.3 is 28.7 Å². The maximum Gasteiger partial charge on any atom is 0.360 e. The third-order valence-corrected chi connectivity index (χ3v) is 8.03. The van der Waals surface area contributed by atoms with Crippen LogP contribution in [0.2, 0.25) is 0 Å². The van der Waals surface area contributed by atoms with Crippen molar-refractivity contribution >= 4 is 28.5 Å². The van der Waals surface area contributed by atoms with Crippen molar-refractivity contribution in [1.82, 2.24) is 4.90 Å². The van der Waals surface area contributed by atoms with Gasteiger partial charge in [-0.15, -0.1) is 0 Å². The Morgan fingerprint density at radius 2 is 1.82 bits per heavy atom. The molecule has 1 aromatic heterocycles. The highest BCUT2D eigenvalue weighted by molar-refractivity contribution is 6.05. The number of esters is 1. The van der Waals surface area contributed by atoms with Gasteiger partial charge in [0.15, 0.2) is 0 Å². The van der Waals surface area contributed by atoms with Crippen molar-refractivity contribution in [3.63, 3.8) is 0 Å². The van der Waals surface area contributed by atoms with E-state index >= 15 is 0 Å². The summed E-state index contributed by atoms with van der Waals surface area (Å²) in [7, 11) is 4.56. The fourth-order valence-corrected chi connectivity index (χ4v) is 5.62. The first-order valence-electron chi connectivity index (χ1n) is 15.0. The summed E-state index contributed by atoms with van der Waals surface area (Å²) >= 11 is 0. The van der Waals surface area contributed by atoms with E-state index in [2.05, 4.69) is 10.2 Å². The van der Waals surface area contributed by atoms with E-state index in [9.17, 15) is 14.4 Å². The SMILES string of the molecule is COC(=O)CCCN1CCCC(Oc2ccc3cc(NC(=O)c4ccc(OC)c(-c5cccc(OC)c5)c4)c(=O)oc3c2C)C1. The molecule has 1 aliphatic rings. The fraction of sp³-hybridized carbons (Fsp3) is 0.343. The Labute approximate surface area is 261 Å². The van der Waals surface area contributed by atoms with Crippen LogP contribution in [0.4, 0.5) is 5.69 Å². The number of hydrogen-bond donors (Lipinski definition) is 1. The number of methoxy groups -OCH3 is 3. The average Bonchev–Trinajstić information content (AvgIpc) is 3.06. The van der Waals surface area contributed by atoms with Gasteiger partial charge in [0.25, 0.3) is 5.91 Å². The monoisotopic (exact) mass is 614 g/mol. The van der Waals surface area contributed by atoms with E-state index in [1.54, 1.807) is 38.5 Å². The number of likely N-dealkylation sites (tertiary alicyclic amines) is 1. The molecular formula is C35H38N2O8. The van der Waals surface area contributed by atoms with Crippen molar-refractivity contribution < 1.29 is 33.0 Å². The number of nitrogens with one attached hydrogen (secondary N) is 1. The number of rotatable bonds is 11. The Kier molecular flexibility index (Phi) is 10.0. The summed E-state index contributed by atoms with van der Waals surface area (Å²) in [5, 5.41) is 3.37. The van der Waals surface area contributed by atoms with E-state index in [4.69, 9.17) is 23.4 Å². The first kappa shape index (κ1) is 31.6. The lowest BCUT2D eigenvalue weighted by Gasteiger charge is -2.33. The molecule has 3 aromatic carbocycles. The molecule has 0 saturated carbocycles. The van der Waals surface area contributed by atoms with Crippen LogP contribution in [0, 0.1) is 6.92 Å². The summed E-state index contributed by atoms with van der Waals surface area (Å²) in [5.74, 6) is 1.26. The van der Waals surface area contributed by atoms with Gasteiger partial charge in [-0.1, -0.05) is 12.1 Å². The molecule has 45 heavy (non-hydrogen) atoms. The number of carbonyl (C=O) groups is 2. The van der Waals surface area contributed by atoms with Gasteiger partial charge in [-0.3, -0.25) is 14.5 Å². The minimum atomic E-state index is -0.660. The number of fused-ring (bicyclic) bond motifs is 1. The third-order valence-electron chi connectivity index (χ3n) is 8.03. The summed E-state index contributed by atoms with van der Waals surface area (Å²) in [6, 6.07) is 17.8. The van der Waals surface area contributed by atoms with Gasteiger partial charge in [-0.05, 0) is 93.4 Å². The first-order chi connectivity index (χ1) is 21.8. The number of anilines is 1. The van der Waals surface area contributed by atoms with Crippen LogP contribution < -0.4 is 25.2 Å². The summed E-state index contributed by atoms with van der Waals surface area (Å²) in [6.07, 6.45) is 3.01. The highest BCUT2D eigenvalue weighted by atomic mass is 16.5. The number of carbonyl (C=O) groups excluding carboxylic acids is 2. The van der Waals surface area contributed by atoms with Crippen LogP contribution in [0.15, 0.2) is 69.9 Å². The predicted molar refractivity (Wildman–Crippen MR) is 171 cm³/mol. The van der Waals surface area contributed by atoms with Crippen LogP contribution in [0.1, 0.15) is 41.6 Å². The second-order valence-corrected chi connectivity index (χ2v) is 11.0. The Bertz CT molecular complexity index is 1750. The van der Waals surface area contributed by atoms with E-state index in [-0.39, 0.29) is 17.8 Å². The van der Waals surface area contributed by atoms with Crippen molar-refractivity contribution in [2.24, 2.45) is 0 Å². The highest BCUT2D eigenvalue weighted by Gasteiger charge is 2.23. The maximum absolute atomic E-state index is 13.3. The molecule has 5 rings (SSSR count). The van der Waals surface area contributed by atoms with E-state index in [1.165, 1.54) is 7.11 Å². The van der Waals surface area contributed by atoms with Gasteiger partial charge in [0, 0.05) is 35.0 Å². The number of aryl methyl sites for hydroxylation is 1. The van der Waals surface area contributed by atoms with Crippen LogP contribution in [-0.4, -0.2) is 63.8 Å². The smallest absolute Gasteiger partial charge is 0.360 e. The zero-order valence-electron chi connectivity index (χ0n) is 26.0.